The van der Waals surface area contributed by atoms with Gasteiger partial charge in [-0.25, -0.2) is 9.59 Å². The van der Waals surface area contributed by atoms with Gasteiger partial charge in [-0.15, -0.1) is 0 Å². The largest absolute Gasteiger partial charge is 0.454 e. The number of hydrogen-bond acceptors (Lipinski definition) is 9. The molecule has 0 bridgehead atoms. The topological polar surface area (TPSA) is 137 Å². The molecule has 2 rings (SSSR count). The second-order valence-corrected chi connectivity index (χ2v) is 6.65. The zero-order valence-electron chi connectivity index (χ0n) is 16.5. The molecular weight excluding hydrogens is 400 g/mol. The fourth-order valence-corrected chi connectivity index (χ4v) is 2.85. The lowest BCUT2D eigenvalue weighted by molar-refractivity contribution is -0.153. The van der Waals surface area contributed by atoms with E-state index in [-0.39, 0.29) is 13.1 Å². The molecule has 0 aliphatic carbocycles. The second-order valence-electron chi connectivity index (χ2n) is 6.65. The van der Waals surface area contributed by atoms with Gasteiger partial charge in [0.25, 0.3) is 23.4 Å². The Morgan fingerprint density at radius 2 is 1.10 bits per heavy atom. The van der Waals surface area contributed by atoms with Crippen LogP contribution < -0.4 is 0 Å². The predicted molar refractivity (Wildman–Crippen MR) is 98.9 cm³/mol. The van der Waals surface area contributed by atoms with Crippen molar-refractivity contribution in [3.8, 4) is 0 Å². The molecule has 0 radical (unpaired) electrons. The Bertz CT molecular complexity index is 660. The maximum Gasteiger partial charge on any atom is 0.331 e. The molecule has 30 heavy (non-hydrogen) atoms. The van der Waals surface area contributed by atoms with E-state index >= 15 is 0 Å². The highest BCUT2D eigenvalue weighted by atomic mass is 16.5. The average Bonchev–Trinajstić information content (AvgIpc) is 2.79. The molecule has 2 amide bonds. The highest BCUT2D eigenvalue weighted by Crippen LogP contribution is 2.09. The van der Waals surface area contributed by atoms with Crippen LogP contribution >= 0.6 is 0 Å². The molecular formula is C19H24N2O9. The van der Waals surface area contributed by atoms with E-state index < -0.39 is 48.5 Å². The van der Waals surface area contributed by atoms with Crippen molar-refractivity contribution in [1.29, 1.82) is 0 Å². The molecule has 2 heterocycles. The summed E-state index contributed by atoms with van der Waals surface area (Å²) in [5, 5.41) is 0. The fourth-order valence-electron chi connectivity index (χ4n) is 2.85. The summed E-state index contributed by atoms with van der Waals surface area (Å²) in [6, 6.07) is 0. The molecule has 2 aliphatic rings. The van der Waals surface area contributed by atoms with E-state index in [1.54, 1.807) is 0 Å². The van der Waals surface area contributed by atoms with Crippen LogP contribution in [0, 0.1) is 0 Å². The third-order valence-corrected chi connectivity index (χ3v) is 4.47. The van der Waals surface area contributed by atoms with E-state index in [1.165, 1.54) is 9.80 Å². The molecule has 2 aliphatic heterocycles. The molecule has 2 fully saturated rings. The molecule has 0 aromatic carbocycles. The normalized spacial score (nSPS) is 16.8. The summed E-state index contributed by atoms with van der Waals surface area (Å²) in [5.74, 6) is -5.29. The number of nitrogens with zero attached hydrogens (tertiary/aromatic N) is 2. The van der Waals surface area contributed by atoms with Crippen molar-refractivity contribution in [3.63, 3.8) is 0 Å². The fraction of sp³-hybridized carbons (Fsp3) is 0.579. The number of ether oxygens (including phenoxy) is 3. The monoisotopic (exact) mass is 424 g/mol. The van der Waals surface area contributed by atoms with Crippen LogP contribution in [0.15, 0.2) is 12.2 Å². The van der Waals surface area contributed by atoms with Gasteiger partial charge >= 0.3 is 11.9 Å². The summed E-state index contributed by atoms with van der Waals surface area (Å²) in [7, 11) is 0. The number of carbonyl (C=O) groups excluding carboxylic acids is 6. The third-order valence-electron chi connectivity index (χ3n) is 4.47. The highest BCUT2D eigenvalue weighted by Gasteiger charge is 2.25. The van der Waals surface area contributed by atoms with Gasteiger partial charge in [0.1, 0.15) is 0 Å². The molecule has 11 nitrogen and oxygen atoms in total. The first-order valence-electron chi connectivity index (χ1n) is 9.62. The van der Waals surface area contributed by atoms with Crippen LogP contribution in [0.2, 0.25) is 0 Å². The van der Waals surface area contributed by atoms with Crippen LogP contribution in [0.4, 0.5) is 0 Å². The van der Waals surface area contributed by atoms with Gasteiger partial charge in [0.2, 0.25) is 0 Å². The van der Waals surface area contributed by atoms with Crippen LogP contribution in [-0.4, -0.2) is 97.7 Å². The van der Waals surface area contributed by atoms with Gasteiger partial charge in [-0.05, 0) is 19.3 Å². The SMILES string of the molecule is O=C(/C=C/C(=O)OCC(=O)C(=O)N1CCOCC1)OCC(=O)C(=O)N1CCCCC1. The van der Waals surface area contributed by atoms with Gasteiger partial charge in [0, 0.05) is 38.3 Å². The first-order valence-corrected chi connectivity index (χ1v) is 9.62. The van der Waals surface area contributed by atoms with Crippen molar-refractivity contribution in [1.82, 2.24) is 9.80 Å². The molecule has 0 spiro atoms. The predicted octanol–water partition coefficient (Wildman–Crippen LogP) is -1.36. The van der Waals surface area contributed by atoms with Crippen molar-refractivity contribution in [2.24, 2.45) is 0 Å². The van der Waals surface area contributed by atoms with E-state index in [4.69, 9.17) is 4.74 Å². The highest BCUT2D eigenvalue weighted by molar-refractivity contribution is 6.37. The smallest absolute Gasteiger partial charge is 0.331 e. The molecule has 0 atom stereocenters. The number of rotatable bonds is 8. The minimum atomic E-state index is -1.04. The second kappa shape index (κ2) is 11.8. The third kappa shape index (κ3) is 7.39. The van der Waals surface area contributed by atoms with Gasteiger partial charge in [-0.3, -0.25) is 19.2 Å². The van der Waals surface area contributed by atoms with E-state index in [0.29, 0.717) is 38.5 Å². The standard InChI is InChI=1S/C19H24N2O9/c22-14(18(26)20-6-2-1-3-7-20)12-29-16(24)4-5-17(25)30-13-15(23)19(27)21-8-10-28-11-9-21/h4-5H,1-3,6-13H2/b5-4+. The molecule has 164 valence electrons. The number of likely N-dealkylation sites (tertiary alicyclic amines) is 1. The number of amides is 2. The first kappa shape index (κ1) is 23.2. The van der Waals surface area contributed by atoms with Crippen molar-refractivity contribution >= 4 is 35.3 Å². The minimum Gasteiger partial charge on any atom is -0.454 e. The molecule has 0 aromatic heterocycles. The molecule has 0 aromatic rings. The molecule has 0 N–H and O–H groups in total. The summed E-state index contributed by atoms with van der Waals surface area (Å²) < 4.78 is 14.3. The number of Topliss-reactive ketones (excluding diaryl/α,β-unsaturated/α-hetero) is 2. The van der Waals surface area contributed by atoms with Gasteiger partial charge in [0.15, 0.2) is 13.2 Å². The van der Waals surface area contributed by atoms with Gasteiger partial charge in [-0.1, -0.05) is 0 Å². The Kier molecular flexibility index (Phi) is 9.13. The Hall–Kier alpha value is -3.08. The lowest BCUT2D eigenvalue weighted by Gasteiger charge is -2.25. The summed E-state index contributed by atoms with van der Waals surface area (Å²) in [6.07, 6.45) is 4.05. The average molecular weight is 424 g/mol. The van der Waals surface area contributed by atoms with Crippen LogP contribution in [-0.2, 0) is 43.0 Å². The van der Waals surface area contributed by atoms with E-state index in [0.717, 1.165) is 19.3 Å². The zero-order valence-corrected chi connectivity index (χ0v) is 16.5. The lowest BCUT2D eigenvalue weighted by atomic mass is 10.1. The number of hydrogen-bond donors (Lipinski definition) is 0. The van der Waals surface area contributed by atoms with E-state index in [9.17, 15) is 28.8 Å². The van der Waals surface area contributed by atoms with Crippen molar-refractivity contribution in [2.75, 3.05) is 52.6 Å². The Balaban J connectivity index is 1.66. The number of carbonyl (C=O) groups is 6. The summed E-state index contributed by atoms with van der Waals surface area (Å²) >= 11 is 0. The number of esters is 2. The molecule has 11 heteroatoms. The Morgan fingerprint density at radius 3 is 1.57 bits per heavy atom. The van der Waals surface area contributed by atoms with Crippen LogP contribution in [0.5, 0.6) is 0 Å². The molecule has 0 unspecified atom stereocenters. The molecule has 0 saturated carbocycles. The Morgan fingerprint density at radius 1 is 0.667 bits per heavy atom. The van der Waals surface area contributed by atoms with Crippen molar-refractivity contribution in [3.05, 3.63) is 12.2 Å². The number of piperidine rings is 1. The van der Waals surface area contributed by atoms with Crippen molar-refractivity contribution < 1.29 is 43.0 Å². The first-order chi connectivity index (χ1) is 14.4. The Labute approximate surface area is 172 Å². The summed E-state index contributed by atoms with van der Waals surface area (Å²) in [6.45, 7) is 0.712. The van der Waals surface area contributed by atoms with Gasteiger partial charge in [0.05, 0.1) is 13.2 Å². The maximum absolute atomic E-state index is 11.9. The van der Waals surface area contributed by atoms with Crippen molar-refractivity contribution in [2.45, 2.75) is 19.3 Å². The van der Waals surface area contributed by atoms with Crippen LogP contribution in [0.3, 0.4) is 0 Å². The summed E-state index contributed by atoms with van der Waals surface area (Å²) in [4.78, 5) is 73.2. The van der Waals surface area contributed by atoms with E-state index in [1.807, 2.05) is 0 Å². The van der Waals surface area contributed by atoms with Crippen LogP contribution in [0.1, 0.15) is 19.3 Å². The zero-order chi connectivity index (χ0) is 21.9. The van der Waals surface area contributed by atoms with E-state index in [2.05, 4.69) is 9.47 Å². The number of morpholine rings is 1. The maximum atomic E-state index is 11.9. The lowest BCUT2D eigenvalue weighted by Crippen LogP contribution is -2.45. The van der Waals surface area contributed by atoms with Gasteiger partial charge < -0.3 is 24.0 Å². The molecule has 2 saturated heterocycles. The summed E-state index contributed by atoms with van der Waals surface area (Å²) in [5.41, 5.74) is 0. The van der Waals surface area contributed by atoms with Crippen LogP contribution in [0.25, 0.3) is 0 Å². The van der Waals surface area contributed by atoms with Gasteiger partial charge in [-0.2, -0.15) is 0 Å². The minimum absolute atomic E-state index is 0.281. The number of ketones is 2. The quantitative estimate of drug-likeness (QED) is 0.263.